The Bertz CT molecular complexity index is 2690. The Morgan fingerprint density at radius 2 is 0.935 bits per heavy atom. The number of nitrogens with zero attached hydrogens (tertiary/aromatic N) is 3. The number of rotatable bonds is 3. The molecule has 46 heavy (non-hydrogen) atoms. The first-order valence-electron chi connectivity index (χ1n) is 15.7. The smallest absolute Gasteiger partial charge is 0.146 e. The molecule has 0 saturated carbocycles. The quantitative estimate of drug-likeness (QED) is 0.189. The topological polar surface area (TPSA) is 22.2 Å². The third-order valence-corrected chi connectivity index (χ3v) is 9.48. The fourth-order valence-corrected chi connectivity index (χ4v) is 7.36. The lowest BCUT2D eigenvalue weighted by molar-refractivity contribution is 1.19. The SMILES string of the molecule is c1ccc(-c2ccc3c(c2)c2cc(-c4ccccc4)ccc2n3-c2ccc3c(c2)c2ccccc2n2c4ccccc4nc32)cc1. The van der Waals surface area contributed by atoms with E-state index in [0.29, 0.717) is 0 Å². The average Bonchev–Trinajstić information content (AvgIpc) is 3.68. The van der Waals surface area contributed by atoms with Gasteiger partial charge in [0.25, 0.3) is 0 Å². The standard InChI is InChI=1S/C43H27N3/c1-3-11-28(12-4-1)30-19-23-40-36(25-30)37-26-31(29-13-5-2-6-14-29)20-24-41(37)45(40)32-21-22-34-35(27-32)33-15-7-9-17-39(33)46-42-18-10-8-16-38(42)44-43(34)46/h1-27H. The van der Waals surface area contributed by atoms with Crippen LogP contribution in [-0.2, 0) is 0 Å². The van der Waals surface area contributed by atoms with Gasteiger partial charge in [-0.15, -0.1) is 0 Å². The molecule has 0 aliphatic rings. The van der Waals surface area contributed by atoms with Crippen molar-refractivity contribution in [1.82, 2.24) is 14.0 Å². The highest BCUT2D eigenvalue weighted by molar-refractivity contribution is 6.16. The molecule has 10 aromatic rings. The molecule has 0 fully saturated rings. The largest absolute Gasteiger partial charge is 0.309 e. The minimum absolute atomic E-state index is 0.990. The molecule has 0 spiro atoms. The highest BCUT2D eigenvalue weighted by Gasteiger charge is 2.18. The van der Waals surface area contributed by atoms with Gasteiger partial charge < -0.3 is 4.57 Å². The zero-order chi connectivity index (χ0) is 30.2. The maximum atomic E-state index is 5.12. The summed E-state index contributed by atoms with van der Waals surface area (Å²) in [6, 6.07) is 59.1. The van der Waals surface area contributed by atoms with E-state index in [2.05, 4.69) is 173 Å². The molecule has 10 rings (SSSR count). The number of hydrogen-bond acceptors (Lipinski definition) is 1. The maximum Gasteiger partial charge on any atom is 0.146 e. The van der Waals surface area contributed by atoms with E-state index in [9.17, 15) is 0 Å². The van der Waals surface area contributed by atoms with Crippen molar-refractivity contribution in [3.05, 3.63) is 164 Å². The molecule has 7 aromatic carbocycles. The predicted molar refractivity (Wildman–Crippen MR) is 193 cm³/mol. The molecule has 0 aliphatic carbocycles. The first-order chi connectivity index (χ1) is 22.8. The second-order valence-electron chi connectivity index (χ2n) is 12.0. The van der Waals surface area contributed by atoms with Gasteiger partial charge in [0.2, 0.25) is 0 Å². The number of para-hydroxylation sites is 3. The summed E-state index contributed by atoms with van der Waals surface area (Å²) in [4.78, 5) is 5.12. The average molecular weight is 586 g/mol. The van der Waals surface area contributed by atoms with Crippen molar-refractivity contribution in [2.75, 3.05) is 0 Å². The number of aromatic nitrogens is 3. The van der Waals surface area contributed by atoms with Gasteiger partial charge in [0.15, 0.2) is 0 Å². The van der Waals surface area contributed by atoms with Gasteiger partial charge in [0.05, 0.1) is 27.6 Å². The molecule has 0 amide bonds. The molecule has 3 nitrogen and oxygen atoms in total. The lowest BCUT2D eigenvalue weighted by atomic mass is 10.0. The predicted octanol–water partition coefficient (Wildman–Crippen LogP) is 11.2. The van der Waals surface area contributed by atoms with Gasteiger partial charge in [0, 0.05) is 27.2 Å². The van der Waals surface area contributed by atoms with E-state index in [1.54, 1.807) is 0 Å². The van der Waals surface area contributed by atoms with Crippen LogP contribution in [0.3, 0.4) is 0 Å². The van der Waals surface area contributed by atoms with Crippen molar-refractivity contribution in [1.29, 1.82) is 0 Å². The zero-order valence-electron chi connectivity index (χ0n) is 24.9. The maximum absolute atomic E-state index is 5.12. The van der Waals surface area contributed by atoms with Crippen molar-refractivity contribution in [3.63, 3.8) is 0 Å². The summed E-state index contributed by atoms with van der Waals surface area (Å²) in [5.41, 5.74) is 12.7. The molecule has 214 valence electrons. The van der Waals surface area contributed by atoms with Gasteiger partial charge in [-0.1, -0.05) is 103 Å². The Balaban J connectivity index is 1.28. The molecule has 0 atom stereocenters. The fraction of sp³-hybridized carbons (Fsp3) is 0. The second-order valence-corrected chi connectivity index (χ2v) is 12.0. The molecule has 0 saturated heterocycles. The summed E-state index contributed by atoms with van der Waals surface area (Å²) >= 11 is 0. The number of imidazole rings is 1. The van der Waals surface area contributed by atoms with Crippen molar-refractivity contribution in [3.8, 4) is 27.9 Å². The van der Waals surface area contributed by atoms with Crippen LogP contribution in [0.4, 0.5) is 0 Å². The Morgan fingerprint density at radius 3 is 1.61 bits per heavy atom. The lowest BCUT2D eigenvalue weighted by Gasteiger charge is -2.13. The number of fused-ring (bicyclic) bond motifs is 11. The minimum Gasteiger partial charge on any atom is -0.309 e. The van der Waals surface area contributed by atoms with E-state index in [0.717, 1.165) is 33.3 Å². The molecular formula is C43H27N3. The Labute approximate surface area is 265 Å². The van der Waals surface area contributed by atoms with Crippen LogP contribution >= 0.6 is 0 Å². The van der Waals surface area contributed by atoms with E-state index in [1.165, 1.54) is 54.8 Å². The summed E-state index contributed by atoms with van der Waals surface area (Å²) in [5.74, 6) is 0. The summed E-state index contributed by atoms with van der Waals surface area (Å²) in [5, 5.41) is 6.06. The van der Waals surface area contributed by atoms with Crippen molar-refractivity contribution >= 4 is 60.2 Å². The monoisotopic (exact) mass is 585 g/mol. The lowest BCUT2D eigenvalue weighted by Crippen LogP contribution is -1.96. The van der Waals surface area contributed by atoms with Crippen LogP contribution in [0.25, 0.3) is 88.1 Å². The van der Waals surface area contributed by atoms with Gasteiger partial charge in [0.1, 0.15) is 5.65 Å². The zero-order valence-corrected chi connectivity index (χ0v) is 24.9. The first kappa shape index (κ1) is 25.2. The van der Waals surface area contributed by atoms with E-state index in [4.69, 9.17) is 4.98 Å². The third-order valence-electron chi connectivity index (χ3n) is 9.48. The van der Waals surface area contributed by atoms with Gasteiger partial charge in [-0.3, -0.25) is 4.40 Å². The van der Waals surface area contributed by atoms with Crippen molar-refractivity contribution < 1.29 is 0 Å². The second kappa shape index (κ2) is 9.65. The van der Waals surface area contributed by atoms with Crippen LogP contribution in [0.1, 0.15) is 0 Å². The van der Waals surface area contributed by atoms with Gasteiger partial charge in [-0.2, -0.15) is 0 Å². The van der Waals surface area contributed by atoms with Gasteiger partial charge >= 0.3 is 0 Å². The number of hydrogen-bond donors (Lipinski definition) is 0. The first-order valence-corrected chi connectivity index (χ1v) is 15.7. The molecule has 0 unspecified atom stereocenters. The fourth-order valence-electron chi connectivity index (χ4n) is 7.36. The summed E-state index contributed by atoms with van der Waals surface area (Å²) in [7, 11) is 0. The van der Waals surface area contributed by atoms with Crippen LogP contribution in [0.15, 0.2) is 164 Å². The molecule has 0 radical (unpaired) electrons. The van der Waals surface area contributed by atoms with Crippen LogP contribution in [0.5, 0.6) is 0 Å². The molecular weight excluding hydrogens is 558 g/mol. The van der Waals surface area contributed by atoms with Gasteiger partial charge in [-0.25, -0.2) is 4.98 Å². The number of pyridine rings is 1. The van der Waals surface area contributed by atoms with E-state index < -0.39 is 0 Å². The Kier molecular flexibility index (Phi) is 5.28. The molecule has 0 N–H and O–H groups in total. The molecule has 3 heterocycles. The van der Waals surface area contributed by atoms with Crippen LogP contribution in [-0.4, -0.2) is 14.0 Å². The normalized spacial score (nSPS) is 11.9. The summed E-state index contributed by atoms with van der Waals surface area (Å²) in [6.07, 6.45) is 0. The van der Waals surface area contributed by atoms with Crippen LogP contribution < -0.4 is 0 Å². The third kappa shape index (κ3) is 3.63. The van der Waals surface area contributed by atoms with Crippen molar-refractivity contribution in [2.24, 2.45) is 0 Å². The van der Waals surface area contributed by atoms with Crippen molar-refractivity contribution in [2.45, 2.75) is 0 Å². The number of benzene rings is 7. The van der Waals surface area contributed by atoms with Crippen LogP contribution in [0.2, 0.25) is 0 Å². The molecule has 3 heteroatoms. The minimum atomic E-state index is 0.990. The molecule has 0 aliphatic heterocycles. The van der Waals surface area contributed by atoms with E-state index in [1.807, 2.05) is 0 Å². The van der Waals surface area contributed by atoms with Crippen LogP contribution in [0, 0.1) is 0 Å². The van der Waals surface area contributed by atoms with E-state index in [-0.39, 0.29) is 0 Å². The molecule has 0 bridgehead atoms. The Hall–Kier alpha value is -6.19. The van der Waals surface area contributed by atoms with E-state index >= 15 is 0 Å². The summed E-state index contributed by atoms with van der Waals surface area (Å²) < 4.78 is 4.73. The Morgan fingerprint density at radius 1 is 0.348 bits per heavy atom. The van der Waals surface area contributed by atoms with Gasteiger partial charge in [-0.05, 0) is 88.3 Å². The highest BCUT2D eigenvalue weighted by Crippen LogP contribution is 2.39. The summed E-state index contributed by atoms with van der Waals surface area (Å²) in [6.45, 7) is 0. The molecule has 3 aromatic heterocycles. The highest BCUT2D eigenvalue weighted by atomic mass is 15.0.